The summed E-state index contributed by atoms with van der Waals surface area (Å²) < 4.78 is 3.34. The molecule has 0 fully saturated rings. The fourth-order valence-corrected chi connectivity index (χ4v) is 4.00. The molecule has 9 nitrogen and oxygen atoms in total. The van der Waals surface area contributed by atoms with E-state index in [0.717, 1.165) is 30.0 Å². The minimum Gasteiger partial charge on any atom is -0.372 e. The van der Waals surface area contributed by atoms with Crippen molar-refractivity contribution in [1.82, 2.24) is 24.8 Å². The SMILES string of the molecule is CCN(CC)c1ccc(N=C2C(C)=Nn3c2nc(-c2cc(C)n(C)n2)c3C(=O)NC)c(C)c1. The van der Waals surface area contributed by atoms with Crippen LogP contribution in [0.4, 0.5) is 11.4 Å². The van der Waals surface area contributed by atoms with E-state index in [1.54, 1.807) is 16.4 Å². The van der Waals surface area contributed by atoms with E-state index in [-0.39, 0.29) is 5.91 Å². The summed E-state index contributed by atoms with van der Waals surface area (Å²) in [5.74, 6) is 0.265. The number of aliphatic imine (C=N–C) groups is 1. The second kappa shape index (κ2) is 8.65. The molecule has 0 saturated carbocycles. The molecule has 2 aromatic heterocycles. The number of carbonyl (C=O) groups is 1. The summed E-state index contributed by atoms with van der Waals surface area (Å²) in [6, 6.07) is 8.18. The molecule has 0 unspecified atom stereocenters. The molecule has 3 heterocycles. The minimum absolute atomic E-state index is 0.274. The van der Waals surface area contributed by atoms with Gasteiger partial charge in [-0.05, 0) is 64.4 Å². The van der Waals surface area contributed by atoms with Gasteiger partial charge in [0.1, 0.15) is 17.1 Å². The number of hydrogen-bond donors (Lipinski definition) is 1. The predicted octanol–water partition coefficient (Wildman–Crippen LogP) is 3.46. The Bertz CT molecular complexity index is 1270. The average Bonchev–Trinajstić information content (AvgIpc) is 3.42. The molecule has 9 heteroatoms. The van der Waals surface area contributed by atoms with Crippen LogP contribution in [0.2, 0.25) is 0 Å². The van der Waals surface area contributed by atoms with Gasteiger partial charge in [-0.2, -0.15) is 10.2 Å². The Hall–Kier alpha value is -3.75. The normalized spacial score (nSPS) is 13.9. The molecule has 1 aliphatic heterocycles. The molecule has 0 radical (unpaired) electrons. The Morgan fingerprint density at radius 2 is 1.88 bits per heavy atom. The Morgan fingerprint density at radius 1 is 1.15 bits per heavy atom. The van der Waals surface area contributed by atoms with Crippen LogP contribution >= 0.6 is 0 Å². The zero-order valence-corrected chi connectivity index (χ0v) is 20.3. The van der Waals surface area contributed by atoms with Crippen LogP contribution in [0.15, 0.2) is 34.4 Å². The second-order valence-corrected chi connectivity index (χ2v) is 8.11. The zero-order chi connectivity index (χ0) is 23.9. The van der Waals surface area contributed by atoms with Crippen LogP contribution < -0.4 is 10.2 Å². The molecule has 1 N–H and O–H groups in total. The molecule has 0 saturated heterocycles. The Labute approximate surface area is 193 Å². The van der Waals surface area contributed by atoms with E-state index in [2.05, 4.69) is 53.3 Å². The van der Waals surface area contributed by atoms with Crippen molar-refractivity contribution in [1.29, 1.82) is 0 Å². The number of aromatic nitrogens is 4. The summed E-state index contributed by atoms with van der Waals surface area (Å²) in [6.07, 6.45) is 0. The highest BCUT2D eigenvalue weighted by Gasteiger charge is 2.32. The number of hydrogen-bond acceptors (Lipinski definition) is 6. The van der Waals surface area contributed by atoms with Gasteiger partial charge in [-0.3, -0.25) is 9.48 Å². The third-order valence-corrected chi connectivity index (χ3v) is 6.00. The highest BCUT2D eigenvalue weighted by molar-refractivity contribution is 6.48. The zero-order valence-electron chi connectivity index (χ0n) is 20.3. The lowest BCUT2D eigenvalue weighted by Crippen LogP contribution is -2.21. The highest BCUT2D eigenvalue weighted by atomic mass is 16.2. The molecular weight excluding hydrogens is 416 g/mol. The summed E-state index contributed by atoms with van der Waals surface area (Å²) in [5, 5.41) is 11.8. The van der Waals surface area contributed by atoms with Crippen LogP contribution in [0.3, 0.4) is 0 Å². The number of benzene rings is 1. The summed E-state index contributed by atoms with van der Waals surface area (Å²) in [6.45, 7) is 12.1. The Balaban J connectivity index is 1.83. The molecule has 0 aliphatic carbocycles. The first kappa shape index (κ1) is 22.4. The van der Waals surface area contributed by atoms with Crippen molar-refractivity contribution in [3.63, 3.8) is 0 Å². The van der Waals surface area contributed by atoms with E-state index in [0.29, 0.717) is 34.3 Å². The standard InChI is InChI=1S/C24H30N8O/c1-8-31(9-2)17-10-11-18(14(3)12-17)26-20-16(5)28-32-22(24(33)25-6)21(27-23(20)32)19-13-15(4)30(7)29-19/h10-13H,8-9H2,1-7H3,(H,25,33). The number of carbonyl (C=O) groups excluding carboxylic acids is 1. The van der Waals surface area contributed by atoms with Gasteiger partial charge in [0.2, 0.25) is 0 Å². The summed E-state index contributed by atoms with van der Waals surface area (Å²) in [4.78, 5) is 24.8. The van der Waals surface area contributed by atoms with Gasteiger partial charge in [0, 0.05) is 38.6 Å². The van der Waals surface area contributed by atoms with Crippen molar-refractivity contribution in [3.05, 3.63) is 47.0 Å². The molecule has 0 atom stereocenters. The number of imidazole rings is 1. The third kappa shape index (κ3) is 3.83. The molecule has 33 heavy (non-hydrogen) atoms. The van der Waals surface area contributed by atoms with E-state index < -0.39 is 0 Å². The average molecular weight is 447 g/mol. The largest absolute Gasteiger partial charge is 0.372 e. The number of nitrogens with zero attached hydrogens (tertiary/aromatic N) is 7. The van der Waals surface area contributed by atoms with E-state index in [9.17, 15) is 4.79 Å². The van der Waals surface area contributed by atoms with Crippen LogP contribution in [-0.4, -0.2) is 56.9 Å². The van der Waals surface area contributed by atoms with E-state index in [4.69, 9.17) is 9.98 Å². The third-order valence-electron chi connectivity index (χ3n) is 6.00. The maximum atomic E-state index is 12.8. The number of fused-ring (bicyclic) bond motifs is 1. The van der Waals surface area contributed by atoms with Crippen molar-refractivity contribution in [2.24, 2.45) is 17.1 Å². The summed E-state index contributed by atoms with van der Waals surface area (Å²) >= 11 is 0. The van der Waals surface area contributed by atoms with Crippen LogP contribution in [0.5, 0.6) is 0 Å². The number of amides is 1. The molecule has 0 spiro atoms. The van der Waals surface area contributed by atoms with Gasteiger partial charge in [-0.15, -0.1) is 0 Å². The second-order valence-electron chi connectivity index (χ2n) is 8.11. The maximum absolute atomic E-state index is 12.8. The molecule has 172 valence electrons. The van der Waals surface area contributed by atoms with Crippen molar-refractivity contribution >= 4 is 28.7 Å². The maximum Gasteiger partial charge on any atom is 0.272 e. The van der Waals surface area contributed by atoms with Gasteiger partial charge < -0.3 is 10.2 Å². The van der Waals surface area contributed by atoms with Gasteiger partial charge >= 0.3 is 0 Å². The number of aryl methyl sites for hydroxylation is 3. The van der Waals surface area contributed by atoms with Crippen LogP contribution in [0.1, 0.15) is 48.3 Å². The first-order valence-corrected chi connectivity index (χ1v) is 11.1. The summed E-state index contributed by atoms with van der Waals surface area (Å²) in [7, 11) is 3.46. The van der Waals surface area contributed by atoms with Gasteiger partial charge in [0.25, 0.3) is 5.91 Å². The van der Waals surface area contributed by atoms with Crippen LogP contribution in [0.25, 0.3) is 11.4 Å². The Kier molecular flexibility index (Phi) is 5.88. The minimum atomic E-state index is -0.274. The van der Waals surface area contributed by atoms with Crippen molar-refractivity contribution in [2.75, 3.05) is 25.0 Å². The first-order valence-electron chi connectivity index (χ1n) is 11.1. The molecule has 3 aromatic rings. The number of rotatable bonds is 6. The summed E-state index contributed by atoms with van der Waals surface area (Å²) in [5.41, 5.74) is 6.89. The molecular formula is C24H30N8O. The molecule has 4 rings (SSSR count). The fourth-order valence-electron chi connectivity index (χ4n) is 4.00. The molecule has 1 amide bonds. The van der Waals surface area contributed by atoms with Gasteiger partial charge in [-0.1, -0.05) is 0 Å². The molecule has 1 aliphatic rings. The quantitative estimate of drug-likeness (QED) is 0.628. The lowest BCUT2D eigenvalue weighted by Gasteiger charge is -2.21. The van der Waals surface area contributed by atoms with Crippen molar-refractivity contribution in [2.45, 2.75) is 34.6 Å². The first-order chi connectivity index (χ1) is 15.8. The lowest BCUT2D eigenvalue weighted by atomic mass is 10.1. The van der Waals surface area contributed by atoms with Crippen LogP contribution in [0, 0.1) is 13.8 Å². The van der Waals surface area contributed by atoms with Crippen molar-refractivity contribution in [3.8, 4) is 11.4 Å². The fraction of sp³-hybridized carbons (Fsp3) is 0.375. The molecule has 0 bridgehead atoms. The number of nitrogens with one attached hydrogen (secondary N) is 1. The number of anilines is 1. The topological polar surface area (TPSA) is 92.7 Å². The molecule has 1 aromatic carbocycles. The lowest BCUT2D eigenvalue weighted by molar-refractivity contribution is 0.0955. The van der Waals surface area contributed by atoms with Crippen LogP contribution in [-0.2, 0) is 7.05 Å². The van der Waals surface area contributed by atoms with E-state index in [1.165, 1.54) is 5.69 Å². The van der Waals surface area contributed by atoms with E-state index >= 15 is 0 Å². The predicted molar refractivity (Wildman–Crippen MR) is 132 cm³/mol. The van der Waals surface area contributed by atoms with Gasteiger partial charge in [0.15, 0.2) is 11.5 Å². The van der Waals surface area contributed by atoms with Crippen molar-refractivity contribution < 1.29 is 4.79 Å². The van der Waals surface area contributed by atoms with E-state index in [1.807, 2.05) is 33.0 Å². The van der Waals surface area contributed by atoms with Gasteiger partial charge in [-0.25, -0.2) is 14.7 Å². The monoisotopic (exact) mass is 446 g/mol. The smallest absolute Gasteiger partial charge is 0.272 e. The highest BCUT2D eigenvalue weighted by Crippen LogP contribution is 2.30. The van der Waals surface area contributed by atoms with Gasteiger partial charge in [0.05, 0.1) is 11.4 Å². The Morgan fingerprint density at radius 3 is 2.45 bits per heavy atom.